The van der Waals surface area contributed by atoms with E-state index in [-0.39, 0.29) is 59.4 Å². The summed E-state index contributed by atoms with van der Waals surface area (Å²) < 4.78 is 62.5. The molecule has 43 heavy (non-hydrogen) atoms. The van der Waals surface area contributed by atoms with Crippen LogP contribution in [0.15, 0.2) is 30.7 Å². The van der Waals surface area contributed by atoms with Crippen molar-refractivity contribution in [2.45, 2.75) is 44.6 Å². The average Bonchev–Trinajstić information content (AvgIpc) is 3.28. The van der Waals surface area contributed by atoms with Crippen LogP contribution in [0.1, 0.15) is 24.8 Å². The number of hydrogen-bond acceptors (Lipinski definition) is 8. The molecule has 8 rings (SSSR count). The van der Waals surface area contributed by atoms with Crippen LogP contribution in [0.2, 0.25) is 0 Å². The molecule has 6 heterocycles. The van der Waals surface area contributed by atoms with E-state index in [4.69, 9.17) is 4.74 Å². The number of aromatic hydroxyl groups is 1. The van der Waals surface area contributed by atoms with Gasteiger partial charge in [-0.2, -0.15) is 16.4 Å². The van der Waals surface area contributed by atoms with Crippen molar-refractivity contribution in [1.29, 1.82) is 0 Å². The molecule has 224 valence electrons. The number of benzene rings is 1. The predicted molar refractivity (Wildman–Crippen MR) is 148 cm³/mol. The Labute approximate surface area is 269 Å². The average molecular weight is 820 g/mol. The fourth-order valence-corrected chi connectivity index (χ4v) is 6.53. The van der Waals surface area contributed by atoms with Crippen LogP contribution in [0, 0.1) is 61.6 Å². The molecular formula is C30H29F4N6O2U-. The molecule has 4 aromatic rings. The summed E-state index contributed by atoms with van der Waals surface area (Å²) in [4.78, 5) is 20.3. The second-order valence-corrected chi connectivity index (χ2v) is 11.3. The predicted octanol–water partition coefficient (Wildman–Crippen LogP) is 5.06. The Morgan fingerprint density at radius 1 is 1.09 bits per heavy atom. The van der Waals surface area contributed by atoms with Crippen LogP contribution in [0.5, 0.6) is 6.01 Å². The Hall–Kier alpha value is -2.59. The van der Waals surface area contributed by atoms with E-state index in [9.17, 15) is 18.3 Å². The summed E-state index contributed by atoms with van der Waals surface area (Å²) in [5.41, 5.74) is 0.408. The van der Waals surface area contributed by atoms with E-state index >= 15 is 4.39 Å². The maximum atomic E-state index is 15.8. The van der Waals surface area contributed by atoms with Crippen molar-refractivity contribution in [3.05, 3.63) is 54.0 Å². The van der Waals surface area contributed by atoms with E-state index in [1.807, 2.05) is 0 Å². The number of aromatic nitrogens is 4. The molecule has 1 aliphatic carbocycles. The number of nitrogens with zero attached hydrogens (tertiary/aromatic N) is 6. The number of ether oxygens (including phenoxy) is 1. The second-order valence-electron chi connectivity index (χ2n) is 11.3. The molecule has 0 amide bonds. The van der Waals surface area contributed by atoms with Crippen molar-refractivity contribution < 1.29 is 58.5 Å². The first kappa shape index (κ1) is 30.4. The van der Waals surface area contributed by atoms with Crippen LogP contribution in [-0.2, 0) is 4.74 Å². The molecule has 0 radical (unpaired) electrons. The molecule has 3 aromatic heterocycles. The van der Waals surface area contributed by atoms with Crippen LogP contribution in [-0.4, -0.2) is 81.2 Å². The van der Waals surface area contributed by atoms with E-state index in [0.717, 1.165) is 19.4 Å². The number of anilines is 1. The van der Waals surface area contributed by atoms with E-state index in [0.29, 0.717) is 48.2 Å². The zero-order valence-corrected chi connectivity index (χ0v) is 27.6. The fourth-order valence-electron chi connectivity index (χ4n) is 6.53. The molecule has 1 saturated carbocycles. The van der Waals surface area contributed by atoms with Gasteiger partial charge in [-0.1, -0.05) is 6.42 Å². The Bertz CT molecular complexity index is 1670. The maximum Gasteiger partial charge on any atom is 0.316 e. The van der Waals surface area contributed by atoms with Gasteiger partial charge in [0.05, 0.1) is 30.8 Å². The quantitative estimate of drug-likeness (QED) is 0.222. The van der Waals surface area contributed by atoms with Crippen molar-refractivity contribution in [1.82, 2.24) is 24.8 Å². The molecule has 0 spiro atoms. The monoisotopic (exact) mass is 819 g/mol. The molecule has 1 aromatic carbocycles. The molecule has 13 heteroatoms. The third kappa shape index (κ3) is 5.47. The Morgan fingerprint density at radius 3 is 2.74 bits per heavy atom. The summed E-state index contributed by atoms with van der Waals surface area (Å²) >= 11 is 0. The summed E-state index contributed by atoms with van der Waals surface area (Å²) in [7, 11) is 0. The maximum absolute atomic E-state index is 15.8. The zero-order chi connectivity index (χ0) is 29.1. The zero-order valence-electron chi connectivity index (χ0n) is 23.4. The van der Waals surface area contributed by atoms with Crippen molar-refractivity contribution >= 4 is 27.5 Å². The molecular weight excluding hydrogens is 790 g/mol. The summed E-state index contributed by atoms with van der Waals surface area (Å²) in [5.74, 6) is -1.33. The van der Waals surface area contributed by atoms with Crippen molar-refractivity contribution in [2.75, 3.05) is 37.7 Å². The van der Waals surface area contributed by atoms with Crippen LogP contribution >= 0.6 is 0 Å². The van der Waals surface area contributed by atoms with Gasteiger partial charge in [0.1, 0.15) is 29.0 Å². The number of aryl methyl sites for hydroxylation is 1. The van der Waals surface area contributed by atoms with Gasteiger partial charge in [0.25, 0.3) is 0 Å². The van der Waals surface area contributed by atoms with E-state index in [2.05, 4.69) is 24.8 Å². The number of alkyl halides is 2. The number of fused-ring (bicyclic) bond motifs is 4. The van der Waals surface area contributed by atoms with Crippen LogP contribution < -0.4 is 4.90 Å². The minimum Gasteiger partial charge on any atom is -0.479 e. The van der Waals surface area contributed by atoms with Crippen molar-refractivity contribution in [3.8, 4) is 17.3 Å². The molecule has 4 aliphatic rings. The molecule has 4 atom stereocenters. The van der Waals surface area contributed by atoms with Gasteiger partial charge in [-0.05, 0) is 37.7 Å². The first-order valence-electron chi connectivity index (χ1n) is 14.1. The van der Waals surface area contributed by atoms with Crippen molar-refractivity contribution in [3.63, 3.8) is 0 Å². The molecule has 3 aliphatic heterocycles. The SMILES string of the molecule is Cc1c(F)ccc2cncc(-c3ncc4c(N5CCOC[C@H]6[C@H](F)[C@H]65)nc(O)nc4c3F)c12.F[C@@H]1C[C-]2CCCN2C1.[U]. The van der Waals surface area contributed by atoms with Crippen LogP contribution in [0.25, 0.3) is 32.9 Å². The summed E-state index contributed by atoms with van der Waals surface area (Å²) in [6.07, 6.45) is 5.86. The molecule has 4 fully saturated rings. The Morgan fingerprint density at radius 2 is 1.93 bits per heavy atom. The molecule has 1 N–H and O–H groups in total. The van der Waals surface area contributed by atoms with Gasteiger partial charge in [-0.15, -0.1) is 6.42 Å². The van der Waals surface area contributed by atoms with Gasteiger partial charge in [-0.25, -0.2) is 23.6 Å². The summed E-state index contributed by atoms with van der Waals surface area (Å²) in [6, 6.07) is 3.17. The first-order valence-corrected chi connectivity index (χ1v) is 14.1. The van der Waals surface area contributed by atoms with Gasteiger partial charge < -0.3 is 19.6 Å². The van der Waals surface area contributed by atoms with Crippen LogP contribution in [0.3, 0.4) is 0 Å². The molecule has 3 saturated heterocycles. The Balaban J connectivity index is 0.000000281. The van der Waals surface area contributed by atoms with Gasteiger partial charge in [0, 0.05) is 78.5 Å². The van der Waals surface area contributed by atoms with Crippen molar-refractivity contribution in [2.24, 2.45) is 5.92 Å². The number of hydrogen-bond donors (Lipinski definition) is 1. The largest absolute Gasteiger partial charge is 0.479 e. The molecule has 0 bridgehead atoms. The molecule has 8 nitrogen and oxygen atoms in total. The minimum atomic E-state index is -1.09. The normalized spacial score (nSPS) is 25.1. The third-order valence-electron chi connectivity index (χ3n) is 8.69. The standard InChI is InChI=1S/C23H18F3N5O2.C7H11FN.U/c1-10-15(24)3-2-11-6-27-7-12(16(10)11)19-18(26)20-13(8-28-19)22(30-23(32)29-20)31-4-5-33-9-14-17(25)21(14)31;8-6-4-7-2-1-3-9(7)5-6;/h2-3,6-8,14,17,21H,4-5,9H2,1H3,(H,29,30,32);6H,1-5H2;/q;-1;/t14-,17-,21-;6-;/m01./s1. The van der Waals surface area contributed by atoms with E-state index in [1.54, 1.807) is 24.1 Å². The topological polar surface area (TPSA) is 87.5 Å². The summed E-state index contributed by atoms with van der Waals surface area (Å²) in [5, 5.41) is 11.6. The number of halogens is 4. The van der Waals surface area contributed by atoms with E-state index in [1.165, 1.54) is 30.9 Å². The molecule has 0 unspecified atom stereocenters. The second kappa shape index (κ2) is 12.1. The van der Waals surface area contributed by atoms with Gasteiger partial charge >= 0.3 is 6.01 Å². The fraction of sp³-hybridized carbons (Fsp3) is 0.433. The smallest absolute Gasteiger partial charge is 0.316 e. The van der Waals surface area contributed by atoms with Crippen LogP contribution in [0.4, 0.5) is 23.4 Å². The van der Waals surface area contributed by atoms with Gasteiger partial charge in [0.15, 0.2) is 5.82 Å². The van der Waals surface area contributed by atoms with Gasteiger partial charge in [0.2, 0.25) is 0 Å². The number of pyridine rings is 2. The third-order valence-corrected chi connectivity index (χ3v) is 8.69. The first-order chi connectivity index (χ1) is 20.3. The minimum absolute atomic E-state index is 0. The van der Waals surface area contributed by atoms with Gasteiger partial charge in [-0.3, -0.25) is 9.97 Å². The number of rotatable bonds is 2. The Kier molecular flexibility index (Phi) is 8.54. The van der Waals surface area contributed by atoms with E-state index < -0.39 is 36.0 Å². The summed E-state index contributed by atoms with van der Waals surface area (Å²) in [6.45, 7) is 4.38.